The molecule has 42 valence electrons. The van der Waals surface area contributed by atoms with Crippen molar-refractivity contribution in [2.45, 2.75) is 4.52 Å². The second-order valence-corrected chi connectivity index (χ2v) is 3.16. The van der Waals surface area contributed by atoms with Gasteiger partial charge >= 0.3 is 0 Å². The van der Waals surface area contributed by atoms with E-state index in [1.165, 1.54) is 0 Å². The lowest BCUT2D eigenvalue weighted by Crippen LogP contribution is -2.17. The van der Waals surface area contributed by atoms with Crippen LogP contribution in [0.4, 0.5) is 0 Å². The van der Waals surface area contributed by atoms with Crippen LogP contribution in [0, 0.1) is 0 Å². The van der Waals surface area contributed by atoms with E-state index in [4.69, 9.17) is 23.2 Å². The average Bonchev–Trinajstić information content (AvgIpc) is 1.84. The predicted octanol–water partition coefficient (Wildman–Crippen LogP) is 1.30. The van der Waals surface area contributed by atoms with Gasteiger partial charge in [0.1, 0.15) is 0 Å². The van der Waals surface area contributed by atoms with Crippen LogP contribution in [0.1, 0.15) is 0 Å². The number of alkyl halides is 2. The van der Waals surface area contributed by atoms with Crippen LogP contribution in [0.25, 0.3) is 0 Å². The first-order chi connectivity index (χ1) is 3.21. The zero-order valence-electron chi connectivity index (χ0n) is 3.28. The Morgan fingerprint density at radius 2 is 2.43 bits per heavy atom. The smallest absolute Gasteiger partial charge is 0.244 e. The van der Waals surface area contributed by atoms with Crippen molar-refractivity contribution in [3.05, 3.63) is 0 Å². The normalized spacial score (nSPS) is 28.3. The van der Waals surface area contributed by atoms with E-state index in [1.807, 2.05) is 0 Å². The topological polar surface area (TPSA) is 21.3 Å². The minimum Gasteiger partial charge on any atom is -0.261 e. The van der Waals surface area contributed by atoms with Gasteiger partial charge < -0.3 is 0 Å². The maximum absolute atomic E-state index is 5.43. The van der Waals surface area contributed by atoms with Crippen LogP contribution >= 0.6 is 35.4 Å². The molecule has 0 bridgehead atoms. The summed E-state index contributed by atoms with van der Waals surface area (Å²) in [5.41, 5.74) is 0. The first-order valence-corrected chi connectivity index (χ1v) is 3.16. The molecule has 1 aliphatic heterocycles. The maximum Gasteiger partial charge on any atom is 0.244 e. The summed E-state index contributed by atoms with van der Waals surface area (Å²) in [6.07, 6.45) is 0. The van der Waals surface area contributed by atoms with Crippen LogP contribution in [-0.4, -0.2) is 11.1 Å². The molecule has 0 spiro atoms. The summed E-state index contributed by atoms with van der Waals surface area (Å²) in [4.78, 5) is 0. The summed E-state index contributed by atoms with van der Waals surface area (Å²) in [7, 11) is 0. The molecule has 0 aromatic heterocycles. The van der Waals surface area contributed by atoms with Gasteiger partial charge in [-0.05, 0) is 0 Å². The quantitative estimate of drug-likeness (QED) is 0.328. The van der Waals surface area contributed by atoms with Crippen molar-refractivity contribution >= 4 is 35.4 Å². The lowest BCUT2D eigenvalue weighted by Gasteiger charge is -2.03. The summed E-state index contributed by atoms with van der Waals surface area (Å²) in [5, 5.41) is 0. The largest absolute Gasteiger partial charge is 0.261 e. The highest BCUT2D eigenvalue weighted by atomic mass is 35.5. The first-order valence-electron chi connectivity index (χ1n) is 1.66. The number of rotatable bonds is 0. The Bertz CT molecular complexity index is 70.1. The average molecular weight is 160 g/mol. The SMILES string of the molecule is ClC1(Cl)CNSO1. The Morgan fingerprint density at radius 1 is 1.71 bits per heavy atom. The minimum atomic E-state index is -1.01. The maximum atomic E-state index is 5.43. The van der Waals surface area contributed by atoms with Crippen molar-refractivity contribution in [3.63, 3.8) is 0 Å². The van der Waals surface area contributed by atoms with Crippen LogP contribution in [-0.2, 0) is 4.18 Å². The molecule has 0 amide bonds. The van der Waals surface area contributed by atoms with Gasteiger partial charge in [-0.2, -0.15) is 0 Å². The summed E-state index contributed by atoms with van der Waals surface area (Å²) in [6.45, 7) is 0.473. The number of hydrogen-bond donors (Lipinski definition) is 1. The monoisotopic (exact) mass is 159 g/mol. The van der Waals surface area contributed by atoms with E-state index in [1.54, 1.807) is 0 Å². The Balaban J connectivity index is 2.40. The van der Waals surface area contributed by atoms with E-state index in [-0.39, 0.29) is 0 Å². The second-order valence-electron chi connectivity index (χ2n) is 1.13. The van der Waals surface area contributed by atoms with Crippen LogP contribution in [0.3, 0.4) is 0 Å². The van der Waals surface area contributed by atoms with Crippen LogP contribution in [0.5, 0.6) is 0 Å². The van der Waals surface area contributed by atoms with Gasteiger partial charge in [-0.15, -0.1) is 0 Å². The van der Waals surface area contributed by atoms with Crippen molar-refractivity contribution in [2.75, 3.05) is 6.54 Å². The molecule has 1 aliphatic rings. The minimum absolute atomic E-state index is 0.473. The van der Waals surface area contributed by atoms with Crippen LogP contribution < -0.4 is 4.72 Å². The molecule has 0 saturated carbocycles. The van der Waals surface area contributed by atoms with Crippen LogP contribution in [0.15, 0.2) is 0 Å². The fourth-order valence-corrected chi connectivity index (χ4v) is 1.22. The van der Waals surface area contributed by atoms with Crippen molar-refractivity contribution in [2.24, 2.45) is 0 Å². The predicted molar refractivity (Wildman–Crippen MR) is 31.1 cm³/mol. The standard InChI is InChI=1S/C2H3Cl2NOS/c3-2(4)1-5-7-6-2/h5H,1H2. The van der Waals surface area contributed by atoms with Gasteiger partial charge in [0.25, 0.3) is 0 Å². The van der Waals surface area contributed by atoms with Gasteiger partial charge in [0.05, 0.1) is 18.8 Å². The summed E-state index contributed by atoms with van der Waals surface area (Å²) in [5.74, 6) is 0. The zero-order chi connectivity index (χ0) is 5.33. The zero-order valence-corrected chi connectivity index (χ0v) is 5.61. The molecular weight excluding hydrogens is 157 g/mol. The fourth-order valence-electron chi connectivity index (χ4n) is 0.233. The lowest BCUT2D eigenvalue weighted by molar-refractivity contribution is 0.325. The molecule has 0 aliphatic carbocycles. The number of nitrogens with one attached hydrogen (secondary N) is 1. The van der Waals surface area contributed by atoms with Crippen molar-refractivity contribution < 1.29 is 4.18 Å². The third-order valence-electron chi connectivity index (χ3n) is 0.500. The summed E-state index contributed by atoms with van der Waals surface area (Å²) in [6, 6.07) is 0. The number of hydrogen-bond acceptors (Lipinski definition) is 3. The molecular formula is C2H3Cl2NOS. The van der Waals surface area contributed by atoms with E-state index in [0.717, 1.165) is 12.2 Å². The van der Waals surface area contributed by atoms with Gasteiger partial charge in [0.15, 0.2) is 0 Å². The van der Waals surface area contributed by atoms with Gasteiger partial charge in [-0.25, -0.2) is 4.72 Å². The van der Waals surface area contributed by atoms with Crippen LogP contribution in [0.2, 0.25) is 0 Å². The van der Waals surface area contributed by atoms with E-state index in [0.29, 0.717) is 6.54 Å². The van der Waals surface area contributed by atoms with Gasteiger partial charge in [0, 0.05) is 0 Å². The Morgan fingerprint density at radius 3 is 2.57 bits per heavy atom. The van der Waals surface area contributed by atoms with Crippen molar-refractivity contribution in [3.8, 4) is 0 Å². The fraction of sp³-hybridized carbons (Fsp3) is 1.00. The summed E-state index contributed by atoms with van der Waals surface area (Å²) >= 11 is 11.9. The number of halogens is 2. The van der Waals surface area contributed by atoms with E-state index >= 15 is 0 Å². The molecule has 1 rings (SSSR count). The molecule has 0 atom stereocenters. The van der Waals surface area contributed by atoms with E-state index < -0.39 is 4.52 Å². The van der Waals surface area contributed by atoms with Crippen molar-refractivity contribution in [1.82, 2.24) is 4.72 Å². The van der Waals surface area contributed by atoms with Gasteiger partial charge in [0.2, 0.25) is 4.52 Å². The molecule has 2 nitrogen and oxygen atoms in total. The van der Waals surface area contributed by atoms with Crippen molar-refractivity contribution in [1.29, 1.82) is 0 Å². The van der Waals surface area contributed by atoms with E-state index in [9.17, 15) is 0 Å². The molecule has 0 radical (unpaired) electrons. The molecule has 1 fully saturated rings. The highest BCUT2D eigenvalue weighted by molar-refractivity contribution is 7.93. The molecule has 0 aromatic carbocycles. The second kappa shape index (κ2) is 1.99. The summed E-state index contributed by atoms with van der Waals surface area (Å²) < 4.78 is 6.41. The molecule has 1 heterocycles. The van der Waals surface area contributed by atoms with Gasteiger partial charge in [-0.1, -0.05) is 23.2 Å². The van der Waals surface area contributed by atoms with Gasteiger partial charge in [-0.3, -0.25) is 4.18 Å². The molecule has 0 unspecified atom stereocenters. The molecule has 7 heavy (non-hydrogen) atoms. The highest BCUT2D eigenvalue weighted by Gasteiger charge is 2.30. The molecule has 5 heteroatoms. The third-order valence-corrected chi connectivity index (χ3v) is 1.74. The van der Waals surface area contributed by atoms with E-state index in [2.05, 4.69) is 8.91 Å². The Labute approximate surface area is 55.8 Å². The molecule has 1 saturated heterocycles. The Kier molecular flexibility index (Phi) is 1.70. The molecule has 1 N–H and O–H groups in total. The highest BCUT2D eigenvalue weighted by Crippen LogP contribution is 2.31. The molecule has 0 aromatic rings. The lowest BCUT2D eigenvalue weighted by atomic mass is 10.7. The first kappa shape index (κ1) is 5.98. The third kappa shape index (κ3) is 1.66. The Hall–Kier alpha value is 0.850.